The second-order valence-electron chi connectivity index (χ2n) is 7.29. The zero-order valence-electron chi connectivity index (χ0n) is 15.2. The monoisotopic (exact) mass is 415 g/mol. The van der Waals surface area contributed by atoms with Crippen LogP contribution in [0, 0.1) is 5.41 Å². The fourth-order valence-corrected chi connectivity index (χ4v) is 4.13. The first-order valence-corrected chi connectivity index (χ1v) is 9.13. The standard InChI is InChI=1S/C20H21ClF3NO3/c1-18(12-25(13-18)9-10-26)19(27,15-3-2-4-16(21)11-15)14-5-7-17(8-6-14)28-20(22,23)24/h2-8,11,26-27H,9-10,12-13H2,1H3/t19-/m0/s1. The molecule has 0 saturated carbocycles. The number of likely N-dealkylation sites (tertiary alicyclic amines) is 1. The van der Waals surface area contributed by atoms with E-state index in [-0.39, 0.29) is 12.4 Å². The number of rotatable bonds is 6. The minimum absolute atomic E-state index is 0.00908. The van der Waals surface area contributed by atoms with E-state index in [1.165, 1.54) is 24.3 Å². The number of ether oxygens (including phenoxy) is 1. The Morgan fingerprint density at radius 1 is 1.11 bits per heavy atom. The molecule has 1 atom stereocenters. The van der Waals surface area contributed by atoms with E-state index in [4.69, 9.17) is 16.7 Å². The van der Waals surface area contributed by atoms with E-state index in [1.54, 1.807) is 24.3 Å². The molecular formula is C20H21ClF3NO3. The molecule has 1 fully saturated rings. The van der Waals surface area contributed by atoms with Crippen LogP contribution in [0.4, 0.5) is 13.2 Å². The molecule has 2 N–H and O–H groups in total. The Labute approximate surface area is 166 Å². The van der Waals surface area contributed by atoms with Crippen molar-refractivity contribution < 1.29 is 28.1 Å². The van der Waals surface area contributed by atoms with Gasteiger partial charge in [-0.05, 0) is 35.4 Å². The summed E-state index contributed by atoms with van der Waals surface area (Å²) in [5, 5.41) is 21.4. The van der Waals surface area contributed by atoms with Crippen LogP contribution in [0.2, 0.25) is 5.02 Å². The molecule has 0 amide bonds. The normalized spacial score (nSPS) is 19.0. The van der Waals surface area contributed by atoms with Gasteiger partial charge in [0.2, 0.25) is 0 Å². The molecule has 1 aliphatic heterocycles. The highest BCUT2D eigenvalue weighted by molar-refractivity contribution is 6.30. The van der Waals surface area contributed by atoms with Crippen LogP contribution in [-0.2, 0) is 5.60 Å². The molecule has 0 radical (unpaired) electrons. The number of halogens is 4. The predicted molar refractivity (Wildman–Crippen MR) is 99.2 cm³/mol. The van der Waals surface area contributed by atoms with E-state index in [0.29, 0.717) is 35.8 Å². The molecule has 0 bridgehead atoms. The summed E-state index contributed by atoms with van der Waals surface area (Å²) in [5.74, 6) is -0.356. The summed E-state index contributed by atoms with van der Waals surface area (Å²) in [6, 6.07) is 12.0. The fourth-order valence-electron chi connectivity index (χ4n) is 3.94. The molecule has 0 aliphatic carbocycles. The van der Waals surface area contributed by atoms with Gasteiger partial charge in [-0.25, -0.2) is 0 Å². The number of β-amino-alcohol motifs (C(OH)–C–C–N with tert-alkyl or cyclic N) is 1. The highest BCUT2D eigenvalue weighted by Crippen LogP contribution is 2.51. The summed E-state index contributed by atoms with van der Waals surface area (Å²) in [6.45, 7) is 3.42. The van der Waals surface area contributed by atoms with Crippen LogP contribution in [0.5, 0.6) is 5.75 Å². The Kier molecular flexibility index (Phi) is 5.64. The van der Waals surface area contributed by atoms with E-state index < -0.39 is 17.4 Å². The van der Waals surface area contributed by atoms with Crippen molar-refractivity contribution in [1.82, 2.24) is 4.90 Å². The number of hydrogen-bond donors (Lipinski definition) is 2. The molecule has 0 spiro atoms. The van der Waals surface area contributed by atoms with Gasteiger partial charge < -0.3 is 14.9 Å². The van der Waals surface area contributed by atoms with Crippen molar-refractivity contribution in [1.29, 1.82) is 0 Å². The number of nitrogens with zero attached hydrogens (tertiary/aromatic N) is 1. The van der Waals surface area contributed by atoms with Crippen LogP contribution in [0.15, 0.2) is 48.5 Å². The summed E-state index contributed by atoms with van der Waals surface area (Å²) in [7, 11) is 0. The number of aliphatic hydroxyl groups excluding tert-OH is 1. The van der Waals surface area contributed by atoms with Crippen molar-refractivity contribution in [3.05, 3.63) is 64.7 Å². The van der Waals surface area contributed by atoms with Gasteiger partial charge in [-0.2, -0.15) is 0 Å². The number of benzene rings is 2. The average molecular weight is 416 g/mol. The maximum Gasteiger partial charge on any atom is 0.573 e. The molecule has 1 saturated heterocycles. The molecule has 4 nitrogen and oxygen atoms in total. The minimum Gasteiger partial charge on any atom is -0.406 e. The highest BCUT2D eigenvalue weighted by atomic mass is 35.5. The average Bonchev–Trinajstić information content (AvgIpc) is 2.59. The van der Waals surface area contributed by atoms with Crippen LogP contribution in [0.3, 0.4) is 0 Å². The Bertz CT molecular complexity index is 822. The fraction of sp³-hybridized carbons (Fsp3) is 0.400. The van der Waals surface area contributed by atoms with Crippen molar-refractivity contribution >= 4 is 11.6 Å². The first kappa shape index (κ1) is 20.9. The van der Waals surface area contributed by atoms with Crippen LogP contribution < -0.4 is 4.74 Å². The topological polar surface area (TPSA) is 52.9 Å². The number of aliphatic hydroxyl groups is 2. The van der Waals surface area contributed by atoms with Gasteiger partial charge >= 0.3 is 6.36 Å². The molecule has 1 aliphatic rings. The van der Waals surface area contributed by atoms with Crippen LogP contribution in [0.25, 0.3) is 0 Å². The quantitative estimate of drug-likeness (QED) is 0.753. The molecule has 1 heterocycles. The lowest BCUT2D eigenvalue weighted by atomic mass is 9.62. The summed E-state index contributed by atoms with van der Waals surface area (Å²) in [6.07, 6.45) is -4.78. The summed E-state index contributed by atoms with van der Waals surface area (Å²) in [4.78, 5) is 2.00. The van der Waals surface area contributed by atoms with E-state index in [9.17, 15) is 18.3 Å². The maximum absolute atomic E-state index is 12.4. The van der Waals surface area contributed by atoms with Crippen LogP contribution in [0.1, 0.15) is 18.1 Å². The van der Waals surface area contributed by atoms with Crippen LogP contribution >= 0.6 is 11.6 Å². The first-order chi connectivity index (χ1) is 13.1. The van der Waals surface area contributed by atoms with Crippen molar-refractivity contribution in [2.75, 3.05) is 26.2 Å². The van der Waals surface area contributed by atoms with Gasteiger partial charge in [0, 0.05) is 30.1 Å². The van der Waals surface area contributed by atoms with Gasteiger partial charge in [-0.1, -0.05) is 42.8 Å². The van der Waals surface area contributed by atoms with E-state index in [2.05, 4.69) is 4.74 Å². The van der Waals surface area contributed by atoms with Gasteiger partial charge in [0.15, 0.2) is 0 Å². The third-order valence-electron chi connectivity index (χ3n) is 5.18. The lowest BCUT2D eigenvalue weighted by molar-refractivity contribution is -0.274. The molecule has 2 aromatic rings. The lowest BCUT2D eigenvalue weighted by Crippen LogP contribution is -2.65. The molecule has 3 rings (SSSR count). The van der Waals surface area contributed by atoms with Gasteiger partial charge in [-0.3, -0.25) is 4.90 Å². The maximum atomic E-state index is 12.4. The summed E-state index contributed by atoms with van der Waals surface area (Å²) < 4.78 is 41.3. The smallest absolute Gasteiger partial charge is 0.406 e. The van der Waals surface area contributed by atoms with Crippen molar-refractivity contribution in [3.8, 4) is 5.75 Å². The zero-order valence-corrected chi connectivity index (χ0v) is 16.0. The largest absolute Gasteiger partial charge is 0.573 e. The SMILES string of the molecule is CC1([C@](O)(c2ccc(OC(F)(F)F)cc2)c2cccc(Cl)c2)CN(CCO)C1. The third kappa shape index (κ3) is 3.98. The molecule has 0 unspecified atom stereocenters. The molecular weight excluding hydrogens is 395 g/mol. The van der Waals surface area contributed by atoms with E-state index >= 15 is 0 Å². The van der Waals surface area contributed by atoms with Gasteiger partial charge in [-0.15, -0.1) is 13.2 Å². The Morgan fingerprint density at radius 3 is 2.29 bits per heavy atom. The zero-order chi connectivity index (χ0) is 20.6. The van der Waals surface area contributed by atoms with Crippen molar-refractivity contribution in [2.45, 2.75) is 18.9 Å². The Hall–Kier alpha value is -1.80. The van der Waals surface area contributed by atoms with Crippen molar-refractivity contribution in [3.63, 3.8) is 0 Å². The van der Waals surface area contributed by atoms with Gasteiger partial charge in [0.1, 0.15) is 11.4 Å². The Morgan fingerprint density at radius 2 is 1.75 bits per heavy atom. The minimum atomic E-state index is -4.78. The van der Waals surface area contributed by atoms with Crippen LogP contribution in [-0.4, -0.2) is 47.7 Å². The summed E-state index contributed by atoms with van der Waals surface area (Å²) >= 11 is 6.13. The second-order valence-corrected chi connectivity index (χ2v) is 7.72. The van der Waals surface area contributed by atoms with Gasteiger partial charge in [0.25, 0.3) is 0 Å². The summed E-state index contributed by atoms with van der Waals surface area (Å²) in [5.41, 5.74) is -1.12. The number of alkyl halides is 3. The van der Waals surface area contributed by atoms with Crippen molar-refractivity contribution in [2.24, 2.45) is 5.41 Å². The molecule has 28 heavy (non-hydrogen) atoms. The van der Waals surface area contributed by atoms with E-state index in [1.807, 2.05) is 11.8 Å². The Balaban J connectivity index is 2.00. The van der Waals surface area contributed by atoms with Gasteiger partial charge in [0.05, 0.1) is 6.61 Å². The first-order valence-electron chi connectivity index (χ1n) is 8.75. The molecule has 2 aromatic carbocycles. The highest BCUT2D eigenvalue weighted by Gasteiger charge is 2.55. The second kappa shape index (κ2) is 7.55. The lowest BCUT2D eigenvalue weighted by Gasteiger charge is -2.57. The number of hydrogen-bond acceptors (Lipinski definition) is 4. The third-order valence-corrected chi connectivity index (χ3v) is 5.42. The molecule has 8 heteroatoms. The van der Waals surface area contributed by atoms with E-state index in [0.717, 1.165) is 0 Å². The molecule has 152 valence electrons. The molecule has 0 aromatic heterocycles. The predicted octanol–water partition coefficient (Wildman–Crippen LogP) is 3.79.